The van der Waals surface area contributed by atoms with Gasteiger partial charge in [-0.1, -0.05) is 31.5 Å². The fourth-order valence-electron chi connectivity index (χ4n) is 2.79. The molecule has 0 spiro atoms. The van der Waals surface area contributed by atoms with Gasteiger partial charge in [0.25, 0.3) is 5.91 Å². The van der Waals surface area contributed by atoms with E-state index in [9.17, 15) is 4.79 Å². The normalized spacial score (nSPS) is 11.3. The van der Waals surface area contributed by atoms with Gasteiger partial charge in [0.2, 0.25) is 0 Å². The van der Waals surface area contributed by atoms with Gasteiger partial charge in [0.1, 0.15) is 5.69 Å². The van der Waals surface area contributed by atoms with E-state index in [0.29, 0.717) is 6.54 Å². The highest BCUT2D eigenvalue weighted by Crippen LogP contribution is 2.26. The van der Waals surface area contributed by atoms with Crippen LogP contribution in [0, 0.1) is 6.92 Å². The maximum Gasteiger partial charge on any atom is 0.268 e. The summed E-state index contributed by atoms with van der Waals surface area (Å²) in [5.41, 5.74) is 3.05. The zero-order valence-electron chi connectivity index (χ0n) is 14.1. The molecule has 0 bridgehead atoms. The number of para-hydroxylation sites is 1. The molecule has 4 nitrogen and oxygen atoms in total. The SMILES string of the molecule is CCCCn1c(C(=O)NCCN(C)C)c(C)c2ccccc21. The molecule has 0 aliphatic rings. The Hall–Kier alpha value is -1.81. The van der Waals surface area contributed by atoms with Crippen LogP contribution in [0.25, 0.3) is 10.9 Å². The van der Waals surface area contributed by atoms with Crippen LogP contribution in [0.2, 0.25) is 0 Å². The van der Waals surface area contributed by atoms with Gasteiger partial charge in [-0.2, -0.15) is 0 Å². The Labute approximate surface area is 133 Å². The van der Waals surface area contributed by atoms with Gasteiger partial charge >= 0.3 is 0 Å². The van der Waals surface area contributed by atoms with Gasteiger partial charge in [-0.15, -0.1) is 0 Å². The molecule has 2 aromatic rings. The molecule has 0 fully saturated rings. The number of rotatable bonds is 7. The van der Waals surface area contributed by atoms with Gasteiger partial charge in [0.05, 0.1) is 0 Å². The van der Waals surface area contributed by atoms with Crippen LogP contribution in [0.4, 0.5) is 0 Å². The molecule has 1 N–H and O–H groups in total. The van der Waals surface area contributed by atoms with E-state index in [0.717, 1.165) is 42.7 Å². The number of unbranched alkanes of at least 4 members (excludes halogenated alkanes) is 1. The van der Waals surface area contributed by atoms with E-state index < -0.39 is 0 Å². The molecule has 0 unspecified atom stereocenters. The van der Waals surface area contributed by atoms with Crippen LogP contribution >= 0.6 is 0 Å². The summed E-state index contributed by atoms with van der Waals surface area (Å²) in [6.07, 6.45) is 2.20. The summed E-state index contributed by atoms with van der Waals surface area (Å²) in [4.78, 5) is 14.7. The number of aromatic nitrogens is 1. The molecule has 1 amide bonds. The van der Waals surface area contributed by atoms with Crippen LogP contribution in [-0.2, 0) is 6.54 Å². The fourth-order valence-corrected chi connectivity index (χ4v) is 2.79. The third kappa shape index (κ3) is 3.50. The van der Waals surface area contributed by atoms with Crippen LogP contribution < -0.4 is 5.32 Å². The lowest BCUT2D eigenvalue weighted by atomic mass is 10.1. The van der Waals surface area contributed by atoms with E-state index in [1.807, 2.05) is 33.2 Å². The van der Waals surface area contributed by atoms with Crippen LogP contribution in [0.5, 0.6) is 0 Å². The fraction of sp³-hybridized carbons (Fsp3) is 0.500. The van der Waals surface area contributed by atoms with Crippen LogP contribution in [0.3, 0.4) is 0 Å². The number of nitrogens with one attached hydrogen (secondary N) is 1. The average molecular weight is 301 g/mol. The predicted molar refractivity (Wildman–Crippen MR) is 92.5 cm³/mol. The summed E-state index contributed by atoms with van der Waals surface area (Å²) in [6.45, 7) is 6.63. The van der Waals surface area contributed by atoms with Crippen LogP contribution in [-0.4, -0.2) is 42.6 Å². The molecule has 0 atom stereocenters. The van der Waals surface area contributed by atoms with E-state index in [1.165, 1.54) is 5.39 Å². The molecule has 0 aliphatic heterocycles. The van der Waals surface area contributed by atoms with Gasteiger partial charge in [-0.05, 0) is 39.1 Å². The van der Waals surface area contributed by atoms with Crippen molar-refractivity contribution in [2.75, 3.05) is 27.2 Å². The number of hydrogen-bond acceptors (Lipinski definition) is 2. The Morgan fingerprint density at radius 2 is 2.00 bits per heavy atom. The number of likely N-dealkylation sites (N-methyl/N-ethyl adjacent to an activating group) is 1. The molecule has 1 aromatic carbocycles. The second-order valence-corrected chi connectivity index (χ2v) is 6.06. The quantitative estimate of drug-likeness (QED) is 0.853. The summed E-state index contributed by atoms with van der Waals surface area (Å²) >= 11 is 0. The minimum Gasteiger partial charge on any atom is -0.349 e. The van der Waals surface area contributed by atoms with Crippen molar-refractivity contribution in [2.24, 2.45) is 0 Å². The maximum absolute atomic E-state index is 12.7. The maximum atomic E-state index is 12.7. The van der Waals surface area contributed by atoms with Crippen molar-refractivity contribution in [1.29, 1.82) is 0 Å². The first-order valence-electron chi connectivity index (χ1n) is 8.07. The molecular formula is C18H27N3O. The minimum absolute atomic E-state index is 0.0339. The molecular weight excluding hydrogens is 274 g/mol. The number of hydrogen-bond donors (Lipinski definition) is 1. The number of nitrogens with zero attached hydrogens (tertiary/aromatic N) is 2. The number of carbonyl (C=O) groups excluding carboxylic acids is 1. The van der Waals surface area contributed by atoms with Crippen molar-refractivity contribution in [3.05, 3.63) is 35.5 Å². The van der Waals surface area contributed by atoms with Crippen molar-refractivity contribution >= 4 is 16.8 Å². The summed E-state index contributed by atoms with van der Waals surface area (Å²) < 4.78 is 2.18. The van der Waals surface area contributed by atoms with Crippen molar-refractivity contribution in [3.8, 4) is 0 Å². The third-order valence-corrected chi connectivity index (χ3v) is 4.02. The van der Waals surface area contributed by atoms with Gasteiger partial charge in [0, 0.05) is 30.5 Å². The minimum atomic E-state index is 0.0339. The molecule has 120 valence electrons. The largest absolute Gasteiger partial charge is 0.349 e. The van der Waals surface area contributed by atoms with E-state index in [-0.39, 0.29) is 5.91 Å². The van der Waals surface area contributed by atoms with Gasteiger partial charge in [-0.25, -0.2) is 0 Å². The standard InChI is InChI=1S/C18H27N3O/c1-5-6-12-21-16-10-8-7-9-15(16)14(2)17(21)18(22)19-11-13-20(3)4/h7-10H,5-6,11-13H2,1-4H3,(H,19,22). The lowest BCUT2D eigenvalue weighted by Crippen LogP contribution is -2.33. The van der Waals surface area contributed by atoms with Crippen molar-refractivity contribution in [3.63, 3.8) is 0 Å². The Kier molecular flexibility index (Phi) is 5.61. The molecule has 0 radical (unpaired) electrons. The van der Waals surface area contributed by atoms with E-state index >= 15 is 0 Å². The molecule has 1 heterocycles. The molecule has 1 aromatic heterocycles. The molecule has 0 saturated carbocycles. The molecule has 0 aliphatic carbocycles. The highest BCUT2D eigenvalue weighted by Gasteiger charge is 2.19. The van der Waals surface area contributed by atoms with Crippen LogP contribution in [0.15, 0.2) is 24.3 Å². The summed E-state index contributed by atoms with van der Waals surface area (Å²) in [5.74, 6) is 0.0339. The van der Waals surface area contributed by atoms with Crippen molar-refractivity contribution in [1.82, 2.24) is 14.8 Å². The first-order chi connectivity index (χ1) is 10.6. The predicted octanol–water partition coefficient (Wildman–Crippen LogP) is 3.04. The molecule has 0 saturated heterocycles. The number of fused-ring (bicyclic) bond motifs is 1. The van der Waals surface area contributed by atoms with Gasteiger partial charge in [-0.3, -0.25) is 4.79 Å². The van der Waals surface area contributed by atoms with Crippen molar-refractivity contribution < 1.29 is 4.79 Å². The van der Waals surface area contributed by atoms with Gasteiger partial charge in [0.15, 0.2) is 0 Å². The Morgan fingerprint density at radius 1 is 1.27 bits per heavy atom. The summed E-state index contributed by atoms with van der Waals surface area (Å²) in [6, 6.07) is 8.28. The molecule has 22 heavy (non-hydrogen) atoms. The first kappa shape index (κ1) is 16.6. The summed E-state index contributed by atoms with van der Waals surface area (Å²) in [7, 11) is 4.02. The van der Waals surface area contributed by atoms with Crippen LogP contribution in [0.1, 0.15) is 35.8 Å². The van der Waals surface area contributed by atoms with E-state index in [1.54, 1.807) is 0 Å². The zero-order valence-corrected chi connectivity index (χ0v) is 14.1. The van der Waals surface area contributed by atoms with E-state index in [4.69, 9.17) is 0 Å². The number of aryl methyl sites for hydroxylation is 2. The summed E-state index contributed by atoms with van der Waals surface area (Å²) in [5, 5.41) is 4.22. The Balaban J connectivity index is 2.33. The number of carbonyl (C=O) groups is 1. The highest BCUT2D eigenvalue weighted by molar-refractivity contribution is 6.01. The lowest BCUT2D eigenvalue weighted by Gasteiger charge is -2.13. The lowest BCUT2D eigenvalue weighted by molar-refractivity contribution is 0.0941. The second-order valence-electron chi connectivity index (χ2n) is 6.06. The molecule has 4 heteroatoms. The second kappa shape index (κ2) is 7.45. The number of benzene rings is 1. The zero-order chi connectivity index (χ0) is 16.1. The van der Waals surface area contributed by atoms with Gasteiger partial charge < -0.3 is 14.8 Å². The van der Waals surface area contributed by atoms with Crippen molar-refractivity contribution in [2.45, 2.75) is 33.2 Å². The molecule has 2 rings (SSSR count). The van der Waals surface area contributed by atoms with E-state index in [2.05, 4.69) is 33.8 Å². The Morgan fingerprint density at radius 3 is 2.68 bits per heavy atom. The average Bonchev–Trinajstić information content (AvgIpc) is 2.78. The highest BCUT2D eigenvalue weighted by atomic mass is 16.1. The third-order valence-electron chi connectivity index (χ3n) is 4.02. The topological polar surface area (TPSA) is 37.3 Å². The smallest absolute Gasteiger partial charge is 0.268 e. The number of amides is 1. The first-order valence-corrected chi connectivity index (χ1v) is 8.07. The monoisotopic (exact) mass is 301 g/mol. The Bertz CT molecular complexity index is 643.